The molecule has 1 atom stereocenters. The highest BCUT2D eigenvalue weighted by Gasteiger charge is 2.46. The first-order valence-electron chi connectivity index (χ1n) is 11.0. The largest absolute Gasteiger partial charge is 0.507 e. The lowest BCUT2D eigenvalue weighted by atomic mass is 9.94. The van der Waals surface area contributed by atoms with Crippen molar-refractivity contribution >= 4 is 23.1 Å². The number of hydrogen-bond acceptors (Lipinski definition) is 9. The maximum atomic E-state index is 13.1. The number of methoxy groups -OCH3 is 1. The van der Waals surface area contributed by atoms with Crippen LogP contribution in [0.25, 0.3) is 5.76 Å². The van der Waals surface area contributed by atoms with Crippen LogP contribution in [0, 0.1) is 10.1 Å². The van der Waals surface area contributed by atoms with Crippen molar-refractivity contribution in [1.82, 2.24) is 9.80 Å². The van der Waals surface area contributed by atoms with Crippen molar-refractivity contribution in [2.45, 2.75) is 6.04 Å². The molecule has 11 heteroatoms. The molecular weight excluding hydrogens is 458 g/mol. The summed E-state index contributed by atoms with van der Waals surface area (Å²) in [6.45, 7) is 3.07. The van der Waals surface area contributed by atoms with E-state index in [1.165, 1.54) is 48.4 Å². The highest BCUT2D eigenvalue weighted by atomic mass is 16.6. The smallest absolute Gasteiger partial charge is 0.295 e. The Kier molecular flexibility index (Phi) is 6.99. The number of rotatable bonds is 7. The second kappa shape index (κ2) is 10.1. The first-order chi connectivity index (χ1) is 16.8. The Bertz CT molecular complexity index is 1190. The number of carbonyl (C=O) groups is 2. The summed E-state index contributed by atoms with van der Waals surface area (Å²) in [4.78, 5) is 40.4. The molecule has 0 unspecified atom stereocenters. The van der Waals surface area contributed by atoms with Gasteiger partial charge in [0.2, 0.25) is 0 Å². The molecule has 2 aromatic carbocycles. The normalized spacial score (nSPS) is 20.3. The number of aliphatic hydroxyl groups is 1. The Morgan fingerprint density at radius 3 is 2.57 bits per heavy atom. The van der Waals surface area contributed by atoms with E-state index in [1.54, 1.807) is 6.07 Å². The van der Waals surface area contributed by atoms with Gasteiger partial charge < -0.3 is 24.6 Å². The van der Waals surface area contributed by atoms with Crippen molar-refractivity contribution in [2.75, 3.05) is 46.5 Å². The van der Waals surface area contributed by atoms with Crippen LogP contribution < -0.4 is 4.74 Å². The van der Waals surface area contributed by atoms with Crippen molar-refractivity contribution in [1.29, 1.82) is 0 Å². The molecule has 2 aliphatic heterocycles. The van der Waals surface area contributed by atoms with Gasteiger partial charge in [0.1, 0.15) is 17.3 Å². The van der Waals surface area contributed by atoms with Crippen molar-refractivity contribution < 1.29 is 34.2 Å². The van der Waals surface area contributed by atoms with Crippen LogP contribution in [0.5, 0.6) is 11.5 Å². The van der Waals surface area contributed by atoms with E-state index in [9.17, 15) is 29.9 Å². The minimum absolute atomic E-state index is 0.0626. The fourth-order valence-corrected chi connectivity index (χ4v) is 4.32. The molecule has 2 fully saturated rings. The number of nitro benzene ring substituents is 1. The highest BCUT2D eigenvalue weighted by Crippen LogP contribution is 2.41. The molecule has 0 spiro atoms. The lowest BCUT2D eigenvalue weighted by Gasteiger charge is -2.31. The van der Waals surface area contributed by atoms with E-state index in [2.05, 4.69) is 4.90 Å². The molecule has 2 saturated heterocycles. The number of likely N-dealkylation sites (tertiary alicyclic amines) is 1. The monoisotopic (exact) mass is 483 g/mol. The van der Waals surface area contributed by atoms with Gasteiger partial charge in [0.05, 0.1) is 42.4 Å². The van der Waals surface area contributed by atoms with Crippen LogP contribution in [-0.4, -0.2) is 83.1 Å². The Labute approximate surface area is 200 Å². The second-order valence-electron chi connectivity index (χ2n) is 8.18. The third kappa shape index (κ3) is 4.81. The number of benzene rings is 2. The number of ether oxygens (including phenoxy) is 2. The number of morpholine rings is 1. The number of nitro groups is 1. The number of nitrogens with zero attached hydrogens (tertiary/aromatic N) is 3. The number of aliphatic hydroxyl groups excluding tert-OH is 1. The summed E-state index contributed by atoms with van der Waals surface area (Å²) in [5.74, 6) is -2.35. The van der Waals surface area contributed by atoms with Gasteiger partial charge in [-0.2, -0.15) is 0 Å². The third-order valence-corrected chi connectivity index (χ3v) is 6.16. The molecule has 4 rings (SSSR count). The zero-order valence-electron chi connectivity index (χ0n) is 19.0. The average molecular weight is 483 g/mol. The number of carbonyl (C=O) groups excluding carboxylic acids is 2. The molecule has 0 radical (unpaired) electrons. The minimum Gasteiger partial charge on any atom is -0.507 e. The average Bonchev–Trinajstić information content (AvgIpc) is 3.12. The van der Waals surface area contributed by atoms with Crippen molar-refractivity contribution in [3.8, 4) is 11.5 Å². The Balaban J connectivity index is 1.79. The van der Waals surface area contributed by atoms with E-state index in [-0.39, 0.29) is 29.1 Å². The summed E-state index contributed by atoms with van der Waals surface area (Å²) in [6, 6.07) is 8.66. The Morgan fingerprint density at radius 2 is 1.91 bits per heavy atom. The second-order valence-corrected chi connectivity index (χ2v) is 8.18. The van der Waals surface area contributed by atoms with Crippen LogP contribution in [-0.2, 0) is 14.3 Å². The first-order valence-corrected chi connectivity index (χ1v) is 11.0. The van der Waals surface area contributed by atoms with Crippen LogP contribution in [0.4, 0.5) is 5.69 Å². The summed E-state index contributed by atoms with van der Waals surface area (Å²) in [5, 5.41) is 32.9. The van der Waals surface area contributed by atoms with Gasteiger partial charge in [-0.05, 0) is 17.7 Å². The molecule has 11 nitrogen and oxygen atoms in total. The minimum atomic E-state index is -1.07. The van der Waals surface area contributed by atoms with Crippen LogP contribution in [0.1, 0.15) is 17.2 Å². The summed E-state index contributed by atoms with van der Waals surface area (Å²) < 4.78 is 10.4. The number of phenolic OH excluding ortho intramolecular Hbond substituents is 1. The van der Waals surface area contributed by atoms with Gasteiger partial charge >= 0.3 is 0 Å². The van der Waals surface area contributed by atoms with Crippen molar-refractivity contribution in [3.05, 3.63) is 69.3 Å². The Morgan fingerprint density at radius 1 is 1.17 bits per heavy atom. The van der Waals surface area contributed by atoms with Gasteiger partial charge in [0, 0.05) is 44.4 Å². The third-order valence-electron chi connectivity index (χ3n) is 6.16. The number of aromatic hydroxyl groups is 1. The van der Waals surface area contributed by atoms with Gasteiger partial charge in [-0.1, -0.05) is 12.1 Å². The van der Waals surface area contributed by atoms with E-state index >= 15 is 0 Å². The summed E-state index contributed by atoms with van der Waals surface area (Å²) in [6.07, 6.45) is 0. The topological polar surface area (TPSA) is 143 Å². The first kappa shape index (κ1) is 24.2. The maximum Gasteiger partial charge on any atom is 0.295 e. The summed E-state index contributed by atoms with van der Waals surface area (Å²) >= 11 is 0. The molecule has 1 amide bonds. The number of non-ortho nitro benzene ring substituents is 1. The molecule has 0 aromatic heterocycles. The lowest BCUT2D eigenvalue weighted by molar-refractivity contribution is -0.384. The fourth-order valence-electron chi connectivity index (χ4n) is 4.32. The van der Waals surface area contributed by atoms with Gasteiger partial charge in [-0.3, -0.25) is 24.6 Å². The molecule has 184 valence electrons. The van der Waals surface area contributed by atoms with Crippen molar-refractivity contribution in [3.63, 3.8) is 0 Å². The quantitative estimate of drug-likeness (QED) is 0.199. The molecule has 35 heavy (non-hydrogen) atoms. The molecule has 0 bridgehead atoms. The van der Waals surface area contributed by atoms with E-state index < -0.39 is 28.4 Å². The Hall–Kier alpha value is -3.96. The standard InChI is InChI=1S/C24H25N3O8/c1-34-17-5-6-18(19(28)14-17)22(29)20-21(15-3-2-4-16(13-15)27(32)33)26(24(31)23(20)30)8-7-25-9-11-35-12-10-25/h2-6,13-14,21,28-29H,7-12H2,1H3/t21-/m0/s1. The van der Waals surface area contributed by atoms with Gasteiger partial charge in [-0.15, -0.1) is 0 Å². The van der Waals surface area contributed by atoms with E-state index in [1.807, 2.05) is 0 Å². The predicted molar refractivity (Wildman–Crippen MR) is 124 cm³/mol. The molecule has 0 aliphatic carbocycles. The number of phenols is 1. The van der Waals surface area contributed by atoms with E-state index in [0.717, 1.165) is 0 Å². The van der Waals surface area contributed by atoms with Crippen molar-refractivity contribution in [2.24, 2.45) is 0 Å². The lowest BCUT2D eigenvalue weighted by Crippen LogP contribution is -2.42. The summed E-state index contributed by atoms with van der Waals surface area (Å²) in [7, 11) is 1.41. The SMILES string of the molecule is COc1ccc(C(O)=C2C(=O)C(=O)N(CCN3CCOCC3)[C@H]2c2cccc([N+](=O)[O-])c2)c(O)c1. The molecule has 2 N–H and O–H groups in total. The zero-order chi connectivity index (χ0) is 25.1. The van der Waals surface area contributed by atoms with Gasteiger partial charge in [-0.25, -0.2) is 0 Å². The predicted octanol–water partition coefficient (Wildman–Crippen LogP) is 2.06. The van der Waals surface area contributed by atoms with Gasteiger partial charge in [0.15, 0.2) is 0 Å². The van der Waals surface area contributed by atoms with Crippen LogP contribution in [0.2, 0.25) is 0 Å². The highest BCUT2D eigenvalue weighted by molar-refractivity contribution is 6.46. The van der Waals surface area contributed by atoms with Crippen LogP contribution >= 0.6 is 0 Å². The molecule has 0 saturated carbocycles. The molecule has 2 aromatic rings. The van der Waals surface area contributed by atoms with Crippen LogP contribution in [0.3, 0.4) is 0 Å². The number of amides is 1. The number of ketones is 1. The number of Topliss-reactive ketones (excluding diaryl/α,β-unsaturated/α-hetero) is 1. The fraction of sp³-hybridized carbons (Fsp3) is 0.333. The molecular formula is C24H25N3O8. The summed E-state index contributed by atoms with van der Waals surface area (Å²) in [5.41, 5.74) is -0.228. The van der Waals surface area contributed by atoms with Gasteiger partial charge in [0.25, 0.3) is 17.4 Å². The van der Waals surface area contributed by atoms with Crippen LogP contribution in [0.15, 0.2) is 48.0 Å². The molecule has 2 heterocycles. The van der Waals surface area contributed by atoms with E-state index in [0.29, 0.717) is 44.2 Å². The number of hydrogen-bond donors (Lipinski definition) is 2. The van der Waals surface area contributed by atoms with E-state index in [4.69, 9.17) is 9.47 Å². The molecule has 2 aliphatic rings. The maximum absolute atomic E-state index is 13.1. The zero-order valence-corrected chi connectivity index (χ0v) is 19.0.